The summed E-state index contributed by atoms with van der Waals surface area (Å²) in [6, 6.07) is 5.30. The third-order valence-corrected chi connectivity index (χ3v) is 3.52. The minimum atomic E-state index is -0.483. The number of carbonyl (C=O) groups is 3. The Labute approximate surface area is 126 Å². The highest BCUT2D eigenvalue weighted by molar-refractivity contribution is 9.10. The Balaban J connectivity index is 2.55. The van der Waals surface area contributed by atoms with E-state index in [0.717, 1.165) is 10.0 Å². The third-order valence-electron chi connectivity index (χ3n) is 2.78. The highest BCUT2D eigenvalue weighted by atomic mass is 79.9. The molecule has 0 fully saturated rings. The molecule has 0 saturated heterocycles. The van der Waals surface area contributed by atoms with E-state index in [-0.39, 0.29) is 31.0 Å². The number of benzene rings is 1. The number of carbonyl (C=O) groups excluding carboxylic acids is 3. The van der Waals surface area contributed by atoms with Gasteiger partial charge in [-0.1, -0.05) is 28.1 Å². The van der Waals surface area contributed by atoms with E-state index in [1.165, 1.54) is 6.92 Å². The zero-order chi connectivity index (χ0) is 15.1. The second-order valence-electron chi connectivity index (χ2n) is 4.38. The summed E-state index contributed by atoms with van der Waals surface area (Å²) >= 11 is 3.39. The van der Waals surface area contributed by atoms with E-state index in [0.29, 0.717) is 12.0 Å². The zero-order valence-corrected chi connectivity index (χ0v) is 13.2. The van der Waals surface area contributed by atoms with E-state index in [2.05, 4.69) is 15.9 Å². The van der Waals surface area contributed by atoms with Gasteiger partial charge in [0.1, 0.15) is 12.2 Å². The Morgan fingerprint density at radius 3 is 2.50 bits per heavy atom. The summed E-state index contributed by atoms with van der Waals surface area (Å²) in [5, 5.41) is 0. The molecule has 0 aliphatic heterocycles. The zero-order valence-electron chi connectivity index (χ0n) is 11.6. The number of Topliss-reactive ketones (excluding diaryl/α,β-unsaturated/α-hetero) is 2. The van der Waals surface area contributed by atoms with E-state index in [1.54, 1.807) is 19.1 Å². The van der Waals surface area contributed by atoms with Gasteiger partial charge in [-0.3, -0.25) is 14.4 Å². The van der Waals surface area contributed by atoms with Crippen LogP contribution in [0.25, 0.3) is 0 Å². The Morgan fingerprint density at radius 2 is 1.95 bits per heavy atom. The lowest BCUT2D eigenvalue weighted by Gasteiger charge is -2.06. The Hall–Kier alpha value is -1.49. The van der Waals surface area contributed by atoms with Gasteiger partial charge >= 0.3 is 5.97 Å². The maximum atomic E-state index is 11.6. The van der Waals surface area contributed by atoms with Crippen LogP contribution in [-0.4, -0.2) is 24.1 Å². The summed E-state index contributed by atoms with van der Waals surface area (Å²) in [5.41, 5.74) is 1.56. The molecule has 0 aliphatic carbocycles. The molecule has 4 nitrogen and oxygen atoms in total. The lowest BCUT2D eigenvalue weighted by Crippen LogP contribution is -2.11. The molecule has 0 spiro atoms. The lowest BCUT2D eigenvalue weighted by atomic mass is 10.0. The van der Waals surface area contributed by atoms with Gasteiger partial charge in [0.2, 0.25) is 0 Å². The maximum Gasteiger partial charge on any atom is 0.313 e. The van der Waals surface area contributed by atoms with Crippen molar-refractivity contribution in [3.63, 3.8) is 0 Å². The smallest absolute Gasteiger partial charge is 0.313 e. The van der Waals surface area contributed by atoms with Crippen molar-refractivity contribution >= 4 is 33.5 Å². The van der Waals surface area contributed by atoms with E-state index < -0.39 is 5.97 Å². The van der Waals surface area contributed by atoms with Gasteiger partial charge in [-0.05, 0) is 31.9 Å². The first kappa shape index (κ1) is 16.6. The number of halogens is 1. The monoisotopic (exact) mass is 340 g/mol. The molecule has 0 atom stereocenters. The van der Waals surface area contributed by atoms with Crippen LogP contribution in [0.5, 0.6) is 0 Å². The molecule has 108 valence electrons. The molecule has 0 heterocycles. The van der Waals surface area contributed by atoms with E-state index in [1.807, 2.05) is 6.07 Å². The molecule has 5 heteroatoms. The molecular formula is C15H17BrO4. The molecule has 0 radical (unpaired) electrons. The molecule has 0 saturated carbocycles. The van der Waals surface area contributed by atoms with Crippen molar-refractivity contribution in [1.82, 2.24) is 0 Å². The normalized spacial score (nSPS) is 10.2. The van der Waals surface area contributed by atoms with Crippen molar-refractivity contribution in [3.05, 3.63) is 33.8 Å². The lowest BCUT2D eigenvalue weighted by molar-refractivity contribution is -0.145. The summed E-state index contributed by atoms with van der Waals surface area (Å²) in [7, 11) is 0. The summed E-state index contributed by atoms with van der Waals surface area (Å²) in [4.78, 5) is 34.0. The van der Waals surface area contributed by atoms with Gasteiger partial charge in [-0.25, -0.2) is 0 Å². The largest absolute Gasteiger partial charge is 0.466 e. The Bertz CT molecular complexity index is 523. The van der Waals surface area contributed by atoms with E-state index >= 15 is 0 Å². The first-order valence-corrected chi connectivity index (χ1v) is 7.20. The van der Waals surface area contributed by atoms with Crippen LogP contribution in [0, 0.1) is 0 Å². The average Bonchev–Trinajstić information content (AvgIpc) is 2.37. The molecule has 0 aliphatic rings. The minimum Gasteiger partial charge on any atom is -0.466 e. The minimum absolute atomic E-state index is 0.00404. The first-order valence-electron chi connectivity index (χ1n) is 6.40. The topological polar surface area (TPSA) is 60.4 Å². The Kier molecular flexibility index (Phi) is 6.58. The second kappa shape index (κ2) is 7.94. The first-order chi connectivity index (χ1) is 9.43. The second-order valence-corrected chi connectivity index (χ2v) is 5.24. The van der Waals surface area contributed by atoms with Crippen LogP contribution < -0.4 is 0 Å². The van der Waals surface area contributed by atoms with Gasteiger partial charge in [0.25, 0.3) is 0 Å². The number of esters is 1. The summed E-state index contributed by atoms with van der Waals surface area (Å²) in [5.74, 6) is -0.634. The summed E-state index contributed by atoms with van der Waals surface area (Å²) in [6.45, 7) is 3.49. The molecule has 0 amide bonds. The average molecular weight is 341 g/mol. The number of rotatable bonds is 7. The predicted molar refractivity (Wildman–Crippen MR) is 78.7 cm³/mol. The molecule has 0 bridgehead atoms. The fourth-order valence-corrected chi connectivity index (χ4v) is 2.28. The van der Waals surface area contributed by atoms with E-state index in [9.17, 15) is 14.4 Å². The third kappa shape index (κ3) is 5.25. The van der Waals surface area contributed by atoms with Crippen molar-refractivity contribution in [2.75, 3.05) is 6.61 Å². The van der Waals surface area contributed by atoms with Crippen molar-refractivity contribution in [3.8, 4) is 0 Å². The van der Waals surface area contributed by atoms with E-state index in [4.69, 9.17) is 4.74 Å². The van der Waals surface area contributed by atoms with Crippen LogP contribution in [-0.2, 0) is 20.7 Å². The highest BCUT2D eigenvalue weighted by Crippen LogP contribution is 2.20. The number of aryl methyl sites for hydroxylation is 1. The molecular weight excluding hydrogens is 324 g/mol. The van der Waals surface area contributed by atoms with Crippen LogP contribution in [0.1, 0.15) is 42.6 Å². The van der Waals surface area contributed by atoms with Crippen LogP contribution in [0.2, 0.25) is 0 Å². The van der Waals surface area contributed by atoms with Gasteiger partial charge in [-0.15, -0.1) is 0 Å². The molecule has 1 rings (SSSR count). The van der Waals surface area contributed by atoms with Gasteiger partial charge in [0.15, 0.2) is 5.78 Å². The molecule has 1 aromatic rings. The number of hydrogen-bond acceptors (Lipinski definition) is 4. The fourth-order valence-electron chi connectivity index (χ4n) is 1.70. The maximum absolute atomic E-state index is 11.6. The van der Waals surface area contributed by atoms with Crippen LogP contribution in [0.15, 0.2) is 22.7 Å². The highest BCUT2D eigenvalue weighted by Gasteiger charge is 2.11. The van der Waals surface area contributed by atoms with Crippen molar-refractivity contribution in [1.29, 1.82) is 0 Å². The molecule has 0 unspecified atom stereocenters. The molecule has 0 N–H and O–H groups in total. The SMILES string of the molecule is CCOC(=O)CC(=O)CCc1ccc(C(C)=O)cc1Br. The summed E-state index contributed by atoms with van der Waals surface area (Å²) < 4.78 is 5.52. The van der Waals surface area contributed by atoms with Gasteiger partial charge < -0.3 is 4.74 Å². The van der Waals surface area contributed by atoms with Crippen molar-refractivity contribution in [2.24, 2.45) is 0 Å². The fraction of sp³-hybridized carbons (Fsp3) is 0.400. The van der Waals surface area contributed by atoms with Crippen LogP contribution in [0.3, 0.4) is 0 Å². The van der Waals surface area contributed by atoms with Crippen LogP contribution >= 0.6 is 15.9 Å². The van der Waals surface area contributed by atoms with Crippen molar-refractivity contribution < 1.29 is 19.1 Å². The van der Waals surface area contributed by atoms with Gasteiger partial charge in [0.05, 0.1) is 6.61 Å². The van der Waals surface area contributed by atoms with Crippen molar-refractivity contribution in [2.45, 2.75) is 33.1 Å². The van der Waals surface area contributed by atoms with Gasteiger partial charge in [-0.2, -0.15) is 0 Å². The molecule has 0 aromatic heterocycles. The number of ether oxygens (including phenoxy) is 1. The van der Waals surface area contributed by atoms with Crippen LogP contribution in [0.4, 0.5) is 0 Å². The quantitative estimate of drug-likeness (QED) is 0.434. The standard InChI is InChI=1S/C15H17BrO4/c1-3-20-15(19)9-13(18)7-6-11-4-5-12(10(2)17)8-14(11)16/h4-5,8H,3,6-7,9H2,1-2H3. The van der Waals surface area contributed by atoms with Gasteiger partial charge in [0, 0.05) is 16.5 Å². The molecule has 20 heavy (non-hydrogen) atoms. The summed E-state index contributed by atoms with van der Waals surface area (Å²) in [6.07, 6.45) is 0.616. The predicted octanol–water partition coefficient (Wildman–Crippen LogP) is 3.11. The molecule has 1 aromatic carbocycles. The number of hydrogen-bond donors (Lipinski definition) is 0. The number of ketones is 2. The Morgan fingerprint density at radius 1 is 1.25 bits per heavy atom.